The standard InChI is InChI=1S/C19H36N2O2/c1-5-10-19(21-14-7-6-8-15-21)11-9-13-20(16-12-19)17(22)23-18(2,3)4/h5-16H2,1-4H3. The second-order valence-electron chi connectivity index (χ2n) is 8.34. The topological polar surface area (TPSA) is 32.8 Å². The first-order valence-corrected chi connectivity index (χ1v) is 9.59. The molecule has 0 radical (unpaired) electrons. The van der Waals surface area contributed by atoms with Crippen molar-refractivity contribution in [3.05, 3.63) is 0 Å². The van der Waals surface area contributed by atoms with Crippen molar-refractivity contribution in [2.45, 2.75) is 90.2 Å². The maximum atomic E-state index is 12.4. The average molecular weight is 325 g/mol. The molecule has 2 rings (SSSR count). The highest BCUT2D eigenvalue weighted by Crippen LogP contribution is 2.35. The lowest BCUT2D eigenvalue weighted by Gasteiger charge is -2.46. The Balaban J connectivity index is 2.02. The Bertz CT molecular complexity index is 385. The number of amides is 1. The van der Waals surface area contributed by atoms with Crippen LogP contribution in [0.5, 0.6) is 0 Å². The van der Waals surface area contributed by atoms with Crippen LogP contribution in [0.15, 0.2) is 0 Å². The van der Waals surface area contributed by atoms with Gasteiger partial charge in [0.25, 0.3) is 0 Å². The molecular weight excluding hydrogens is 288 g/mol. The van der Waals surface area contributed by atoms with Crippen LogP contribution in [0.3, 0.4) is 0 Å². The summed E-state index contributed by atoms with van der Waals surface area (Å²) in [6, 6.07) is 0. The molecule has 2 heterocycles. The molecule has 2 saturated heterocycles. The van der Waals surface area contributed by atoms with Crippen LogP contribution in [-0.4, -0.2) is 53.2 Å². The van der Waals surface area contributed by atoms with E-state index in [0.29, 0.717) is 5.54 Å². The average Bonchev–Trinajstić information content (AvgIpc) is 2.71. The Morgan fingerprint density at radius 2 is 1.70 bits per heavy atom. The largest absolute Gasteiger partial charge is 0.444 e. The molecule has 2 aliphatic heterocycles. The van der Waals surface area contributed by atoms with Gasteiger partial charge in [0.05, 0.1) is 0 Å². The van der Waals surface area contributed by atoms with Crippen molar-refractivity contribution in [1.29, 1.82) is 0 Å². The van der Waals surface area contributed by atoms with Crippen molar-refractivity contribution in [1.82, 2.24) is 9.80 Å². The van der Waals surface area contributed by atoms with Gasteiger partial charge < -0.3 is 9.64 Å². The van der Waals surface area contributed by atoms with Gasteiger partial charge in [0.2, 0.25) is 0 Å². The van der Waals surface area contributed by atoms with Crippen LogP contribution in [0.1, 0.15) is 79.1 Å². The van der Waals surface area contributed by atoms with E-state index in [4.69, 9.17) is 4.74 Å². The minimum absolute atomic E-state index is 0.136. The Morgan fingerprint density at radius 1 is 1.00 bits per heavy atom. The molecule has 0 aromatic heterocycles. The second kappa shape index (κ2) is 7.87. The molecule has 4 heteroatoms. The number of hydrogen-bond acceptors (Lipinski definition) is 3. The monoisotopic (exact) mass is 324 g/mol. The van der Waals surface area contributed by atoms with Crippen LogP contribution in [-0.2, 0) is 4.74 Å². The van der Waals surface area contributed by atoms with E-state index in [1.165, 1.54) is 51.6 Å². The van der Waals surface area contributed by atoms with Crippen molar-refractivity contribution >= 4 is 6.09 Å². The molecule has 0 aliphatic carbocycles. The van der Waals surface area contributed by atoms with E-state index in [1.807, 2.05) is 25.7 Å². The van der Waals surface area contributed by atoms with E-state index < -0.39 is 5.60 Å². The molecule has 4 nitrogen and oxygen atoms in total. The summed E-state index contributed by atoms with van der Waals surface area (Å²) in [5.74, 6) is 0. The molecule has 0 N–H and O–H groups in total. The molecule has 2 fully saturated rings. The first-order chi connectivity index (χ1) is 10.9. The third kappa shape index (κ3) is 5.10. The number of nitrogens with zero attached hydrogens (tertiary/aromatic N) is 2. The molecule has 0 aromatic rings. The van der Waals surface area contributed by atoms with E-state index in [1.54, 1.807) is 0 Å². The van der Waals surface area contributed by atoms with Crippen LogP contribution in [0, 0.1) is 0 Å². The van der Waals surface area contributed by atoms with Crippen molar-refractivity contribution in [2.75, 3.05) is 26.2 Å². The maximum Gasteiger partial charge on any atom is 0.410 e. The van der Waals surface area contributed by atoms with Gasteiger partial charge in [0.15, 0.2) is 0 Å². The van der Waals surface area contributed by atoms with E-state index in [2.05, 4.69) is 11.8 Å². The molecule has 1 amide bonds. The highest BCUT2D eigenvalue weighted by molar-refractivity contribution is 5.68. The Kier molecular flexibility index (Phi) is 6.35. The van der Waals surface area contributed by atoms with Gasteiger partial charge in [-0.15, -0.1) is 0 Å². The molecular formula is C19H36N2O2. The smallest absolute Gasteiger partial charge is 0.410 e. The molecule has 2 aliphatic rings. The first kappa shape index (κ1) is 18.6. The summed E-state index contributed by atoms with van der Waals surface area (Å²) < 4.78 is 5.58. The van der Waals surface area contributed by atoms with Gasteiger partial charge in [-0.3, -0.25) is 4.90 Å². The van der Waals surface area contributed by atoms with Gasteiger partial charge in [0, 0.05) is 18.6 Å². The molecule has 23 heavy (non-hydrogen) atoms. The van der Waals surface area contributed by atoms with Crippen LogP contribution in [0.4, 0.5) is 4.79 Å². The fourth-order valence-electron chi connectivity index (χ4n) is 4.25. The molecule has 1 unspecified atom stereocenters. The summed E-state index contributed by atoms with van der Waals surface area (Å²) in [4.78, 5) is 17.1. The SMILES string of the molecule is CCCC1(N2CCCCC2)CCCN(C(=O)OC(C)(C)C)CC1. The zero-order valence-electron chi connectivity index (χ0n) is 15.7. The number of carbonyl (C=O) groups excluding carboxylic acids is 1. The Hall–Kier alpha value is -0.770. The maximum absolute atomic E-state index is 12.4. The normalized spacial score (nSPS) is 27.6. The summed E-state index contributed by atoms with van der Waals surface area (Å²) in [5, 5.41) is 0. The number of carbonyl (C=O) groups is 1. The highest BCUT2D eigenvalue weighted by atomic mass is 16.6. The highest BCUT2D eigenvalue weighted by Gasteiger charge is 2.39. The summed E-state index contributed by atoms with van der Waals surface area (Å²) in [5.41, 5.74) is -0.0945. The first-order valence-electron chi connectivity index (χ1n) is 9.59. The summed E-state index contributed by atoms with van der Waals surface area (Å²) >= 11 is 0. The molecule has 0 saturated carbocycles. The lowest BCUT2D eigenvalue weighted by molar-refractivity contribution is 0.0213. The third-order valence-electron chi connectivity index (χ3n) is 5.31. The number of piperidine rings is 1. The molecule has 134 valence electrons. The zero-order valence-corrected chi connectivity index (χ0v) is 15.7. The summed E-state index contributed by atoms with van der Waals surface area (Å²) in [7, 11) is 0. The quantitative estimate of drug-likeness (QED) is 0.770. The van der Waals surface area contributed by atoms with Crippen LogP contribution < -0.4 is 0 Å². The summed E-state index contributed by atoms with van der Waals surface area (Å²) in [6.45, 7) is 12.3. The third-order valence-corrected chi connectivity index (χ3v) is 5.31. The molecule has 1 atom stereocenters. The number of ether oxygens (including phenoxy) is 1. The van der Waals surface area contributed by atoms with Crippen LogP contribution >= 0.6 is 0 Å². The van der Waals surface area contributed by atoms with Crippen molar-refractivity contribution < 1.29 is 9.53 Å². The van der Waals surface area contributed by atoms with Crippen LogP contribution in [0.2, 0.25) is 0 Å². The van der Waals surface area contributed by atoms with Crippen molar-refractivity contribution in [3.8, 4) is 0 Å². The van der Waals surface area contributed by atoms with Gasteiger partial charge in [-0.1, -0.05) is 19.8 Å². The number of likely N-dealkylation sites (tertiary alicyclic amines) is 2. The molecule has 0 bridgehead atoms. The van der Waals surface area contributed by atoms with E-state index in [9.17, 15) is 4.79 Å². The Morgan fingerprint density at radius 3 is 2.30 bits per heavy atom. The van der Waals surface area contributed by atoms with E-state index in [0.717, 1.165) is 25.9 Å². The van der Waals surface area contributed by atoms with E-state index >= 15 is 0 Å². The molecule has 0 spiro atoms. The fraction of sp³-hybridized carbons (Fsp3) is 0.947. The minimum atomic E-state index is -0.406. The van der Waals surface area contributed by atoms with E-state index in [-0.39, 0.29) is 6.09 Å². The van der Waals surface area contributed by atoms with Gasteiger partial charge in [-0.2, -0.15) is 0 Å². The van der Waals surface area contributed by atoms with Crippen molar-refractivity contribution in [3.63, 3.8) is 0 Å². The predicted molar refractivity (Wildman–Crippen MR) is 94.7 cm³/mol. The van der Waals surface area contributed by atoms with Crippen LogP contribution in [0.25, 0.3) is 0 Å². The number of rotatable bonds is 3. The lowest BCUT2D eigenvalue weighted by atomic mass is 9.82. The second-order valence-corrected chi connectivity index (χ2v) is 8.34. The minimum Gasteiger partial charge on any atom is -0.444 e. The van der Waals surface area contributed by atoms with Crippen molar-refractivity contribution in [2.24, 2.45) is 0 Å². The van der Waals surface area contributed by atoms with Gasteiger partial charge in [0.1, 0.15) is 5.60 Å². The summed E-state index contributed by atoms with van der Waals surface area (Å²) in [6.07, 6.45) is 9.81. The fourth-order valence-corrected chi connectivity index (χ4v) is 4.25. The predicted octanol–water partition coefficient (Wildman–Crippen LogP) is 4.43. The zero-order chi connectivity index (χ0) is 16.9. The van der Waals surface area contributed by atoms with Gasteiger partial charge >= 0.3 is 6.09 Å². The number of hydrogen-bond donors (Lipinski definition) is 0. The van der Waals surface area contributed by atoms with Gasteiger partial charge in [-0.05, 0) is 72.4 Å². The molecule has 0 aromatic carbocycles. The Labute approximate surface area is 142 Å². The lowest BCUT2D eigenvalue weighted by Crippen LogP contribution is -2.51. The van der Waals surface area contributed by atoms with Gasteiger partial charge in [-0.25, -0.2) is 4.79 Å².